The van der Waals surface area contributed by atoms with Crippen molar-refractivity contribution in [2.24, 2.45) is 5.92 Å². The summed E-state index contributed by atoms with van der Waals surface area (Å²) in [6.07, 6.45) is 2.28. The van der Waals surface area contributed by atoms with Crippen LogP contribution in [-0.4, -0.2) is 27.2 Å². The van der Waals surface area contributed by atoms with Crippen molar-refractivity contribution >= 4 is 18.0 Å². The lowest BCUT2D eigenvalue weighted by molar-refractivity contribution is -0.114. The maximum atomic E-state index is 10.7. The largest absolute Gasteiger partial charge is 0.308 e. The van der Waals surface area contributed by atoms with Gasteiger partial charge >= 0.3 is 0 Å². The number of nitrogens with zero attached hydrogens (tertiary/aromatic N) is 3. The molecule has 1 aromatic heterocycles. The summed E-state index contributed by atoms with van der Waals surface area (Å²) in [4.78, 5) is 22.4. The molecular formula is C8H12N4O2. The zero-order valence-corrected chi connectivity index (χ0v) is 8.10. The van der Waals surface area contributed by atoms with Gasteiger partial charge in [0.25, 0.3) is 0 Å². The molecule has 0 bridgehead atoms. The summed E-state index contributed by atoms with van der Waals surface area (Å²) >= 11 is 0. The molecule has 1 atom stereocenters. The SMILES string of the molecule is CC(=O)Nc1cnn(CC(C)C=O)n1. The molecule has 0 saturated carbocycles. The summed E-state index contributed by atoms with van der Waals surface area (Å²) < 4.78 is 0. The number of carbonyl (C=O) groups is 2. The number of carbonyl (C=O) groups excluding carboxylic acids is 2. The topological polar surface area (TPSA) is 76.9 Å². The minimum atomic E-state index is -0.194. The Morgan fingerprint density at radius 3 is 3.07 bits per heavy atom. The molecule has 6 heteroatoms. The van der Waals surface area contributed by atoms with Gasteiger partial charge in [0, 0.05) is 12.8 Å². The van der Waals surface area contributed by atoms with E-state index < -0.39 is 0 Å². The molecule has 0 radical (unpaired) electrons. The van der Waals surface area contributed by atoms with Crippen molar-refractivity contribution in [3.05, 3.63) is 6.20 Å². The zero-order valence-electron chi connectivity index (χ0n) is 8.10. The molecule has 0 aliphatic rings. The van der Waals surface area contributed by atoms with Crippen LogP contribution in [0.5, 0.6) is 0 Å². The van der Waals surface area contributed by atoms with Gasteiger partial charge in [-0.1, -0.05) is 6.92 Å². The van der Waals surface area contributed by atoms with E-state index in [0.29, 0.717) is 12.4 Å². The van der Waals surface area contributed by atoms with Crippen molar-refractivity contribution in [3.63, 3.8) is 0 Å². The van der Waals surface area contributed by atoms with Crippen LogP contribution in [0, 0.1) is 5.92 Å². The predicted octanol–water partition coefficient (Wildman–Crippen LogP) is 0.0715. The van der Waals surface area contributed by atoms with E-state index in [1.165, 1.54) is 17.9 Å². The molecule has 1 heterocycles. The highest BCUT2D eigenvalue weighted by atomic mass is 16.1. The third-order valence-corrected chi connectivity index (χ3v) is 1.52. The highest BCUT2D eigenvalue weighted by Gasteiger charge is 2.05. The van der Waals surface area contributed by atoms with E-state index in [2.05, 4.69) is 15.5 Å². The average molecular weight is 196 g/mol. The molecule has 14 heavy (non-hydrogen) atoms. The van der Waals surface area contributed by atoms with Gasteiger partial charge in [0.05, 0.1) is 12.7 Å². The monoisotopic (exact) mass is 196 g/mol. The Kier molecular flexibility index (Phi) is 3.33. The van der Waals surface area contributed by atoms with E-state index >= 15 is 0 Å². The third-order valence-electron chi connectivity index (χ3n) is 1.52. The molecule has 1 amide bonds. The molecule has 1 N–H and O–H groups in total. The summed E-state index contributed by atoms with van der Waals surface area (Å²) in [5.41, 5.74) is 0. The van der Waals surface area contributed by atoms with Crippen molar-refractivity contribution < 1.29 is 9.59 Å². The van der Waals surface area contributed by atoms with Gasteiger partial charge < -0.3 is 10.1 Å². The van der Waals surface area contributed by atoms with Crippen molar-refractivity contribution in [3.8, 4) is 0 Å². The molecule has 0 aliphatic heterocycles. The first-order valence-electron chi connectivity index (χ1n) is 4.25. The van der Waals surface area contributed by atoms with Gasteiger partial charge in [-0.3, -0.25) is 4.79 Å². The Morgan fingerprint density at radius 1 is 1.79 bits per heavy atom. The van der Waals surface area contributed by atoms with E-state index in [-0.39, 0.29) is 11.8 Å². The van der Waals surface area contributed by atoms with Gasteiger partial charge in [0.15, 0.2) is 5.82 Å². The van der Waals surface area contributed by atoms with Crippen LogP contribution in [0.25, 0.3) is 0 Å². The molecule has 0 aliphatic carbocycles. The second-order valence-electron chi connectivity index (χ2n) is 3.08. The van der Waals surface area contributed by atoms with Gasteiger partial charge in [0.1, 0.15) is 6.29 Å². The van der Waals surface area contributed by atoms with Gasteiger partial charge in [-0.2, -0.15) is 9.90 Å². The summed E-state index contributed by atoms with van der Waals surface area (Å²) in [6.45, 7) is 3.59. The number of aldehydes is 1. The first-order chi connectivity index (χ1) is 6.61. The molecule has 1 unspecified atom stereocenters. The summed E-state index contributed by atoms with van der Waals surface area (Å²) in [5, 5.41) is 10.3. The second kappa shape index (κ2) is 4.50. The van der Waals surface area contributed by atoms with Crippen LogP contribution in [0.2, 0.25) is 0 Å². The third kappa shape index (κ3) is 2.96. The fraction of sp³-hybridized carbons (Fsp3) is 0.500. The molecule has 1 aromatic rings. The molecule has 0 fully saturated rings. The minimum absolute atomic E-state index is 0.132. The van der Waals surface area contributed by atoms with Crippen molar-refractivity contribution in [2.45, 2.75) is 20.4 Å². The number of rotatable bonds is 4. The Bertz CT molecular complexity index is 334. The second-order valence-corrected chi connectivity index (χ2v) is 3.08. The van der Waals surface area contributed by atoms with Gasteiger partial charge in [-0.15, -0.1) is 5.10 Å². The fourth-order valence-corrected chi connectivity index (χ4v) is 0.924. The Balaban J connectivity index is 2.59. The lowest BCUT2D eigenvalue weighted by atomic mass is 10.2. The van der Waals surface area contributed by atoms with Crippen LogP contribution in [0.1, 0.15) is 13.8 Å². The minimum Gasteiger partial charge on any atom is -0.308 e. The van der Waals surface area contributed by atoms with Gasteiger partial charge in [-0.05, 0) is 0 Å². The first-order valence-corrected chi connectivity index (χ1v) is 4.25. The summed E-state index contributed by atoms with van der Waals surface area (Å²) in [7, 11) is 0. The Hall–Kier alpha value is -1.72. The molecule has 1 rings (SSSR count). The fourth-order valence-electron chi connectivity index (χ4n) is 0.924. The zero-order chi connectivity index (χ0) is 10.6. The number of hydrogen-bond donors (Lipinski definition) is 1. The predicted molar refractivity (Wildman–Crippen MR) is 49.6 cm³/mol. The van der Waals surface area contributed by atoms with Gasteiger partial charge in [-0.25, -0.2) is 0 Å². The maximum Gasteiger partial charge on any atom is 0.222 e. The van der Waals surface area contributed by atoms with E-state index in [0.717, 1.165) is 6.29 Å². The van der Waals surface area contributed by atoms with Crippen molar-refractivity contribution in [1.29, 1.82) is 0 Å². The van der Waals surface area contributed by atoms with E-state index in [4.69, 9.17) is 0 Å². The lowest BCUT2D eigenvalue weighted by Crippen LogP contribution is -2.12. The van der Waals surface area contributed by atoms with E-state index in [1.807, 2.05) is 0 Å². The smallest absolute Gasteiger partial charge is 0.222 e. The van der Waals surface area contributed by atoms with Gasteiger partial charge in [0.2, 0.25) is 5.91 Å². The van der Waals surface area contributed by atoms with Crippen molar-refractivity contribution in [2.75, 3.05) is 5.32 Å². The standard InChI is InChI=1S/C8H12N4O2/c1-6(5-13)4-12-9-3-8(11-12)10-7(2)14/h3,5-6H,4H2,1-2H3,(H,10,11,14). The maximum absolute atomic E-state index is 10.7. The van der Waals surface area contributed by atoms with Crippen LogP contribution in [0.4, 0.5) is 5.82 Å². The van der Waals surface area contributed by atoms with Crippen LogP contribution < -0.4 is 5.32 Å². The number of nitrogens with one attached hydrogen (secondary N) is 1. The summed E-state index contributed by atoms with van der Waals surface area (Å²) in [6, 6.07) is 0. The highest BCUT2D eigenvalue weighted by molar-refractivity contribution is 5.87. The molecular weight excluding hydrogens is 184 g/mol. The van der Waals surface area contributed by atoms with E-state index in [9.17, 15) is 9.59 Å². The number of anilines is 1. The average Bonchev–Trinajstić information content (AvgIpc) is 2.51. The lowest BCUT2D eigenvalue weighted by Gasteiger charge is -2.00. The molecule has 0 saturated heterocycles. The van der Waals surface area contributed by atoms with E-state index in [1.54, 1.807) is 6.92 Å². The molecule has 6 nitrogen and oxygen atoms in total. The van der Waals surface area contributed by atoms with Crippen molar-refractivity contribution in [1.82, 2.24) is 15.0 Å². The normalized spacial score (nSPS) is 12.1. The Labute approximate surface area is 81.3 Å². The Morgan fingerprint density at radius 2 is 2.50 bits per heavy atom. The summed E-state index contributed by atoms with van der Waals surface area (Å²) in [5.74, 6) is 0.0728. The molecule has 0 aromatic carbocycles. The first kappa shape index (κ1) is 10.4. The quantitative estimate of drug-likeness (QED) is 0.691. The number of hydrogen-bond acceptors (Lipinski definition) is 4. The molecule has 76 valence electrons. The molecule has 0 spiro atoms. The van der Waals surface area contributed by atoms with Crippen LogP contribution in [0.15, 0.2) is 6.20 Å². The van der Waals surface area contributed by atoms with Crippen LogP contribution >= 0.6 is 0 Å². The van der Waals surface area contributed by atoms with Crippen LogP contribution in [-0.2, 0) is 16.1 Å². The number of amides is 1. The van der Waals surface area contributed by atoms with Crippen LogP contribution in [0.3, 0.4) is 0 Å². The number of aromatic nitrogens is 3. The highest BCUT2D eigenvalue weighted by Crippen LogP contribution is 2.00.